The maximum absolute atomic E-state index is 11.2. The summed E-state index contributed by atoms with van der Waals surface area (Å²) in [5, 5.41) is 11.3. The van der Waals surface area contributed by atoms with Gasteiger partial charge < -0.3 is 10.4 Å². The second-order valence-electron chi connectivity index (χ2n) is 3.73. The van der Waals surface area contributed by atoms with Gasteiger partial charge in [-0.15, -0.1) is 0 Å². The number of carbonyl (C=O) groups excluding carboxylic acids is 1. The third-order valence-electron chi connectivity index (χ3n) is 2.01. The van der Waals surface area contributed by atoms with Crippen LogP contribution in [0, 0.1) is 5.92 Å². The third-order valence-corrected chi connectivity index (χ3v) is 2.01. The van der Waals surface area contributed by atoms with Gasteiger partial charge >= 0.3 is 5.97 Å². The van der Waals surface area contributed by atoms with Crippen LogP contribution in [0.25, 0.3) is 0 Å². The Morgan fingerprint density at radius 1 is 1.36 bits per heavy atom. The Kier molecular flexibility index (Phi) is 5.92. The van der Waals surface area contributed by atoms with Crippen LogP contribution in [-0.4, -0.2) is 23.0 Å². The maximum atomic E-state index is 11.2. The third kappa shape index (κ3) is 4.84. The van der Waals surface area contributed by atoms with Crippen molar-refractivity contribution < 1.29 is 14.7 Å². The summed E-state index contributed by atoms with van der Waals surface area (Å²) in [6, 6.07) is -0.764. The molecule has 0 rings (SSSR count). The number of amides is 1. The number of nitrogens with one attached hydrogen (secondary N) is 1. The molecule has 0 aromatic rings. The van der Waals surface area contributed by atoms with Gasteiger partial charge in [0.15, 0.2) is 0 Å². The standard InChI is InChI=1S/C10H19NO3/c1-4-5-6-8(12)11-9(7(2)3)10(13)14/h7,9H,4-6H2,1-3H3,(H,11,12)(H,13,14). The van der Waals surface area contributed by atoms with Crippen molar-refractivity contribution in [3.05, 3.63) is 0 Å². The second-order valence-corrected chi connectivity index (χ2v) is 3.73. The van der Waals surface area contributed by atoms with E-state index in [0.717, 1.165) is 12.8 Å². The minimum Gasteiger partial charge on any atom is -0.480 e. The van der Waals surface area contributed by atoms with E-state index in [1.165, 1.54) is 0 Å². The zero-order chi connectivity index (χ0) is 11.1. The molecule has 14 heavy (non-hydrogen) atoms. The molecule has 1 unspecified atom stereocenters. The average Bonchev–Trinajstić information content (AvgIpc) is 2.09. The summed E-state index contributed by atoms with van der Waals surface area (Å²) in [5.41, 5.74) is 0. The number of carbonyl (C=O) groups is 2. The molecule has 1 amide bonds. The van der Waals surface area contributed by atoms with Crippen molar-refractivity contribution in [3.63, 3.8) is 0 Å². The lowest BCUT2D eigenvalue weighted by molar-refractivity contribution is -0.143. The van der Waals surface area contributed by atoms with Crippen LogP contribution in [-0.2, 0) is 9.59 Å². The van der Waals surface area contributed by atoms with Gasteiger partial charge in [0.1, 0.15) is 6.04 Å². The van der Waals surface area contributed by atoms with Gasteiger partial charge in [-0.25, -0.2) is 4.79 Å². The van der Waals surface area contributed by atoms with Crippen LogP contribution >= 0.6 is 0 Å². The number of carboxylic acid groups (broad SMARTS) is 1. The van der Waals surface area contributed by atoms with Gasteiger partial charge in [0.2, 0.25) is 5.91 Å². The number of aliphatic carboxylic acids is 1. The normalized spacial score (nSPS) is 12.6. The number of hydrogen-bond acceptors (Lipinski definition) is 2. The highest BCUT2D eigenvalue weighted by Gasteiger charge is 2.22. The van der Waals surface area contributed by atoms with E-state index in [-0.39, 0.29) is 11.8 Å². The van der Waals surface area contributed by atoms with E-state index < -0.39 is 12.0 Å². The van der Waals surface area contributed by atoms with Crippen molar-refractivity contribution in [1.82, 2.24) is 5.32 Å². The molecule has 1 atom stereocenters. The zero-order valence-electron chi connectivity index (χ0n) is 9.04. The molecule has 0 aromatic carbocycles. The Morgan fingerprint density at radius 2 is 1.93 bits per heavy atom. The average molecular weight is 201 g/mol. The summed E-state index contributed by atoms with van der Waals surface area (Å²) in [5.74, 6) is -1.23. The Morgan fingerprint density at radius 3 is 2.29 bits per heavy atom. The van der Waals surface area contributed by atoms with Crippen LogP contribution < -0.4 is 5.32 Å². The predicted molar refractivity (Wildman–Crippen MR) is 53.9 cm³/mol. The summed E-state index contributed by atoms with van der Waals surface area (Å²) in [7, 11) is 0. The number of carboxylic acids is 1. The van der Waals surface area contributed by atoms with Gasteiger partial charge in [0, 0.05) is 6.42 Å². The Labute approximate surface area is 84.7 Å². The number of hydrogen-bond donors (Lipinski definition) is 2. The molecular formula is C10H19NO3. The fourth-order valence-corrected chi connectivity index (χ4v) is 1.10. The molecular weight excluding hydrogens is 182 g/mol. The van der Waals surface area contributed by atoms with Crippen molar-refractivity contribution in [3.8, 4) is 0 Å². The van der Waals surface area contributed by atoms with Crippen LogP contribution in [0.15, 0.2) is 0 Å². The maximum Gasteiger partial charge on any atom is 0.326 e. The molecule has 0 bridgehead atoms. The van der Waals surface area contributed by atoms with Crippen molar-refractivity contribution in [2.24, 2.45) is 5.92 Å². The first-order chi connectivity index (χ1) is 6.49. The van der Waals surface area contributed by atoms with Crippen LogP contribution in [0.5, 0.6) is 0 Å². The first-order valence-corrected chi connectivity index (χ1v) is 5.01. The lowest BCUT2D eigenvalue weighted by atomic mass is 10.0. The summed E-state index contributed by atoms with van der Waals surface area (Å²) < 4.78 is 0. The highest BCUT2D eigenvalue weighted by molar-refractivity contribution is 5.83. The molecule has 0 aliphatic carbocycles. The largest absolute Gasteiger partial charge is 0.480 e. The Hall–Kier alpha value is -1.06. The summed E-state index contributed by atoms with van der Waals surface area (Å²) >= 11 is 0. The van der Waals surface area contributed by atoms with Gasteiger partial charge in [0.25, 0.3) is 0 Å². The first-order valence-electron chi connectivity index (χ1n) is 5.01. The van der Waals surface area contributed by atoms with Gasteiger partial charge in [-0.1, -0.05) is 27.2 Å². The van der Waals surface area contributed by atoms with Crippen LogP contribution in [0.4, 0.5) is 0 Å². The van der Waals surface area contributed by atoms with Gasteiger partial charge in [0.05, 0.1) is 0 Å². The molecule has 0 saturated carbocycles. The smallest absolute Gasteiger partial charge is 0.326 e. The van der Waals surface area contributed by atoms with E-state index in [4.69, 9.17) is 5.11 Å². The number of unbranched alkanes of at least 4 members (excludes halogenated alkanes) is 1. The topological polar surface area (TPSA) is 66.4 Å². The molecule has 2 N–H and O–H groups in total. The molecule has 0 aliphatic rings. The summed E-state index contributed by atoms with van der Waals surface area (Å²) in [6.45, 7) is 5.54. The molecule has 0 saturated heterocycles. The van der Waals surface area contributed by atoms with E-state index in [1.54, 1.807) is 13.8 Å². The fourth-order valence-electron chi connectivity index (χ4n) is 1.10. The molecule has 4 nitrogen and oxygen atoms in total. The molecule has 0 fully saturated rings. The number of rotatable bonds is 6. The van der Waals surface area contributed by atoms with E-state index in [1.807, 2.05) is 6.92 Å². The molecule has 82 valence electrons. The fraction of sp³-hybridized carbons (Fsp3) is 0.800. The molecule has 0 radical (unpaired) electrons. The minimum absolute atomic E-state index is 0.0851. The summed E-state index contributed by atoms with van der Waals surface area (Å²) in [6.07, 6.45) is 2.15. The van der Waals surface area contributed by atoms with Crippen LogP contribution in [0.3, 0.4) is 0 Å². The Bertz CT molecular complexity index is 202. The predicted octanol–water partition coefficient (Wildman–Crippen LogP) is 1.40. The monoisotopic (exact) mass is 201 g/mol. The van der Waals surface area contributed by atoms with E-state index in [2.05, 4.69) is 5.32 Å². The van der Waals surface area contributed by atoms with Gasteiger partial charge in [-0.2, -0.15) is 0 Å². The van der Waals surface area contributed by atoms with Crippen molar-refractivity contribution in [1.29, 1.82) is 0 Å². The van der Waals surface area contributed by atoms with Crippen molar-refractivity contribution in [2.75, 3.05) is 0 Å². The van der Waals surface area contributed by atoms with Crippen molar-refractivity contribution >= 4 is 11.9 Å². The molecule has 0 aliphatic heterocycles. The Balaban J connectivity index is 4.04. The summed E-state index contributed by atoms with van der Waals surface area (Å²) in [4.78, 5) is 22.0. The van der Waals surface area contributed by atoms with E-state index in [0.29, 0.717) is 6.42 Å². The van der Waals surface area contributed by atoms with E-state index >= 15 is 0 Å². The van der Waals surface area contributed by atoms with Crippen molar-refractivity contribution in [2.45, 2.75) is 46.1 Å². The van der Waals surface area contributed by atoms with E-state index in [9.17, 15) is 9.59 Å². The molecule has 0 aromatic heterocycles. The van der Waals surface area contributed by atoms with Gasteiger partial charge in [-0.05, 0) is 12.3 Å². The lowest BCUT2D eigenvalue weighted by Crippen LogP contribution is -2.44. The molecule has 0 heterocycles. The lowest BCUT2D eigenvalue weighted by Gasteiger charge is -2.17. The van der Waals surface area contributed by atoms with Crippen LogP contribution in [0.1, 0.15) is 40.0 Å². The highest BCUT2D eigenvalue weighted by atomic mass is 16.4. The first kappa shape index (κ1) is 12.9. The molecule has 0 spiro atoms. The molecule has 4 heteroatoms. The SMILES string of the molecule is CCCCC(=O)NC(C(=O)O)C(C)C. The second kappa shape index (κ2) is 6.40. The zero-order valence-corrected chi connectivity index (χ0v) is 9.04. The minimum atomic E-state index is -0.968. The highest BCUT2D eigenvalue weighted by Crippen LogP contribution is 2.03. The van der Waals surface area contributed by atoms with Crippen LogP contribution in [0.2, 0.25) is 0 Å². The van der Waals surface area contributed by atoms with Gasteiger partial charge in [-0.3, -0.25) is 4.79 Å². The quantitative estimate of drug-likeness (QED) is 0.682.